The molecule has 1 unspecified atom stereocenters. The van der Waals surface area contributed by atoms with Crippen LogP contribution in [0, 0.1) is 17.1 Å². The van der Waals surface area contributed by atoms with E-state index in [0.29, 0.717) is 6.07 Å². The molecule has 2 aromatic carbocycles. The Morgan fingerprint density at radius 2 is 1.45 bits per heavy atom. The van der Waals surface area contributed by atoms with Gasteiger partial charge in [-0.1, -0.05) is 0 Å². The van der Waals surface area contributed by atoms with Gasteiger partial charge in [-0.2, -0.15) is 18.4 Å². The maximum Gasteiger partial charge on any atom is 0.417 e. The van der Waals surface area contributed by atoms with Crippen molar-refractivity contribution in [1.82, 2.24) is 0 Å². The third-order valence-corrected chi connectivity index (χ3v) is 8.95. The molecule has 276 valence electrons. The summed E-state index contributed by atoms with van der Waals surface area (Å²) < 4.78 is 114. The van der Waals surface area contributed by atoms with E-state index in [1.54, 1.807) is 0 Å². The highest BCUT2D eigenvalue weighted by atomic mass is 32.2. The van der Waals surface area contributed by atoms with E-state index in [-0.39, 0.29) is 0 Å². The van der Waals surface area contributed by atoms with Gasteiger partial charge < -0.3 is 33.7 Å². The average Bonchev–Trinajstić information content (AvgIpc) is 3.02. The molecule has 15 nitrogen and oxygen atoms in total. The van der Waals surface area contributed by atoms with Crippen LogP contribution in [0.1, 0.15) is 38.8 Å². The summed E-state index contributed by atoms with van der Waals surface area (Å²) in [5.74, 6) is -8.12. The first-order valence-electron chi connectivity index (χ1n) is 14.5. The van der Waals surface area contributed by atoms with Gasteiger partial charge in [-0.3, -0.25) is 19.2 Å². The van der Waals surface area contributed by atoms with Crippen LogP contribution in [-0.4, -0.2) is 87.4 Å². The van der Waals surface area contributed by atoms with E-state index >= 15 is 0 Å². The number of hydrogen-bond donors (Lipinski definition) is 1. The monoisotopic (exact) mass is 746 g/mol. The molecule has 0 aromatic heterocycles. The zero-order chi connectivity index (χ0) is 38.5. The fourth-order valence-electron chi connectivity index (χ4n) is 4.89. The first kappa shape index (κ1) is 40.3. The second kappa shape index (κ2) is 15.8. The molecule has 1 aliphatic rings. The molecule has 1 amide bonds. The van der Waals surface area contributed by atoms with Crippen LogP contribution >= 0.6 is 0 Å². The lowest BCUT2D eigenvalue weighted by atomic mass is 9.97. The number of ether oxygens (including phenoxy) is 6. The Balaban J connectivity index is 2.21. The van der Waals surface area contributed by atoms with Crippen molar-refractivity contribution < 1.29 is 78.4 Å². The van der Waals surface area contributed by atoms with Crippen LogP contribution in [0.2, 0.25) is 0 Å². The smallest absolute Gasteiger partial charge is 0.417 e. The normalized spacial score (nSPS) is 21.6. The number of rotatable bonds is 11. The fourth-order valence-corrected chi connectivity index (χ4v) is 6.53. The number of carbonyl (C=O) groups is 5. The average molecular weight is 747 g/mol. The molecule has 0 saturated carbocycles. The van der Waals surface area contributed by atoms with Crippen LogP contribution in [0.15, 0.2) is 47.4 Å². The van der Waals surface area contributed by atoms with Crippen molar-refractivity contribution in [3.8, 4) is 6.07 Å². The van der Waals surface area contributed by atoms with Crippen molar-refractivity contribution in [2.24, 2.45) is 0 Å². The number of sulfone groups is 1. The van der Waals surface area contributed by atoms with Gasteiger partial charge in [0, 0.05) is 26.5 Å². The Hall–Kier alpha value is -5.13. The van der Waals surface area contributed by atoms with E-state index in [9.17, 15) is 50.0 Å². The van der Waals surface area contributed by atoms with Gasteiger partial charge in [0.25, 0.3) is 5.91 Å². The zero-order valence-corrected chi connectivity index (χ0v) is 28.1. The Bertz CT molecular complexity index is 1830. The maximum absolute atomic E-state index is 13.9. The molecule has 3 rings (SSSR count). The Labute approximate surface area is 287 Å². The summed E-state index contributed by atoms with van der Waals surface area (Å²) in [6.45, 7) is 3.53. The fraction of sp³-hybridized carbons (Fsp3) is 0.419. The maximum atomic E-state index is 13.9. The molecule has 0 spiro atoms. The van der Waals surface area contributed by atoms with Crippen LogP contribution in [0.25, 0.3) is 0 Å². The largest absolute Gasteiger partial charge is 0.467 e. The Morgan fingerprint density at radius 1 is 0.902 bits per heavy atom. The van der Waals surface area contributed by atoms with E-state index in [2.05, 4.69) is 5.32 Å². The van der Waals surface area contributed by atoms with Gasteiger partial charge >= 0.3 is 30.1 Å². The highest BCUT2D eigenvalue weighted by molar-refractivity contribution is 7.91. The molecule has 1 heterocycles. The van der Waals surface area contributed by atoms with Gasteiger partial charge in [0.05, 0.1) is 35.0 Å². The first-order chi connectivity index (χ1) is 23.6. The number of esters is 4. The van der Waals surface area contributed by atoms with E-state index in [0.717, 1.165) is 71.2 Å². The standard InChI is InChI=1S/C31H30F4N2O13S/c1-15(38)46-23-24(47-16(2)39)26(48-17(3)40)28(49-25(23)27(41)45-5)50-30(4,14-51(43,44)21-10-7-19(32)8-11-21)29(42)37-20-9-6-18(13-36)22(12-20)31(33,34)35/h6-12,23-26,28H,14H2,1-5H3,(H,37,42)/t23-,24-,25-,26+,28-,30?/m1/s1. The molecule has 0 bridgehead atoms. The molecule has 1 aliphatic heterocycles. The van der Waals surface area contributed by atoms with Gasteiger partial charge in [0.15, 0.2) is 39.9 Å². The molecule has 20 heteroatoms. The van der Waals surface area contributed by atoms with Crippen LogP contribution in [0.3, 0.4) is 0 Å². The molecule has 51 heavy (non-hydrogen) atoms. The van der Waals surface area contributed by atoms with Gasteiger partial charge in [0.2, 0.25) is 6.29 Å². The minimum absolute atomic E-state index is 0.401. The predicted molar refractivity (Wildman–Crippen MR) is 160 cm³/mol. The number of hydrogen-bond acceptors (Lipinski definition) is 14. The SMILES string of the molecule is COC(=O)[C@@H]1O[C@H](OC(C)(CS(=O)(=O)c2ccc(F)cc2)C(=O)Nc2ccc(C#N)c(C(F)(F)F)c2)[C@@H](OC(C)=O)[C@H](OC(C)=O)[C@H]1OC(C)=O. The summed E-state index contributed by atoms with van der Waals surface area (Å²) in [6, 6.07) is 6.71. The third kappa shape index (κ3) is 9.99. The van der Waals surface area contributed by atoms with Gasteiger partial charge in [-0.15, -0.1) is 0 Å². The van der Waals surface area contributed by atoms with Crippen molar-refractivity contribution in [2.75, 3.05) is 18.2 Å². The van der Waals surface area contributed by atoms with E-state index < -0.39 is 115 Å². The van der Waals surface area contributed by atoms with Crippen LogP contribution < -0.4 is 5.32 Å². The number of benzene rings is 2. The van der Waals surface area contributed by atoms with Crippen LogP contribution in [0.5, 0.6) is 0 Å². The summed E-state index contributed by atoms with van der Waals surface area (Å²) in [5.41, 5.74) is -5.61. The summed E-state index contributed by atoms with van der Waals surface area (Å²) >= 11 is 0. The zero-order valence-electron chi connectivity index (χ0n) is 27.3. The number of nitrogens with one attached hydrogen (secondary N) is 1. The number of halogens is 4. The number of anilines is 1. The first-order valence-corrected chi connectivity index (χ1v) is 16.1. The van der Waals surface area contributed by atoms with Crippen molar-refractivity contribution in [1.29, 1.82) is 5.26 Å². The second-order valence-electron chi connectivity index (χ2n) is 11.1. The predicted octanol–water partition coefficient (Wildman–Crippen LogP) is 2.60. The molecule has 0 aliphatic carbocycles. The topological polar surface area (TPSA) is 211 Å². The van der Waals surface area contributed by atoms with E-state index in [1.807, 2.05) is 0 Å². The van der Waals surface area contributed by atoms with Crippen LogP contribution in [-0.2, 0) is 68.4 Å². The van der Waals surface area contributed by atoms with Gasteiger partial charge in [-0.05, 0) is 49.4 Å². The molecule has 1 fully saturated rings. The van der Waals surface area contributed by atoms with Crippen molar-refractivity contribution in [3.63, 3.8) is 0 Å². The van der Waals surface area contributed by atoms with Crippen molar-refractivity contribution >= 4 is 45.3 Å². The molecule has 2 aromatic rings. The molecule has 0 radical (unpaired) electrons. The molecular formula is C31H30F4N2O13S. The summed E-state index contributed by atoms with van der Waals surface area (Å²) in [6.07, 6.45) is -15.1. The lowest BCUT2D eigenvalue weighted by molar-refractivity contribution is -0.316. The summed E-state index contributed by atoms with van der Waals surface area (Å²) in [5, 5.41) is 11.2. The quantitative estimate of drug-likeness (QED) is 0.152. The molecule has 6 atom stereocenters. The van der Waals surface area contributed by atoms with Gasteiger partial charge in [0.1, 0.15) is 5.82 Å². The molecular weight excluding hydrogens is 716 g/mol. The number of methoxy groups -OCH3 is 1. The lowest BCUT2D eigenvalue weighted by Crippen LogP contribution is -2.66. The van der Waals surface area contributed by atoms with Gasteiger partial charge in [-0.25, -0.2) is 17.6 Å². The minimum atomic E-state index is -5.06. The second-order valence-corrected chi connectivity index (χ2v) is 13.0. The number of alkyl halides is 3. The highest BCUT2D eigenvalue weighted by Crippen LogP contribution is 2.36. The third-order valence-electron chi connectivity index (χ3n) is 7.03. The number of nitriles is 1. The van der Waals surface area contributed by atoms with E-state index in [1.165, 1.54) is 6.07 Å². The Kier molecular flexibility index (Phi) is 12.5. The minimum Gasteiger partial charge on any atom is -0.467 e. The number of amides is 1. The Morgan fingerprint density at radius 3 is 1.96 bits per heavy atom. The molecule has 1 saturated heterocycles. The summed E-state index contributed by atoms with van der Waals surface area (Å²) in [7, 11) is -3.79. The molecule has 1 N–H and O–H groups in total. The van der Waals surface area contributed by atoms with Crippen molar-refractivity contribution in [3.05, 3.63) is 59.4 Å². The van der Waals surface area contributed by atoms with Crippen molar-refractivity contribution in [2.45, 2.75) is 75.1 Å². The number of carbonyl (C=O) groups excluding carboxylic acids is 5. The van der Waals surface area contributed by atoms with E-state index in [4.69, 9.17) is 33.7 Å². The van der Waals surface area contributed by atoms with Crippen LogP contribution in [0.4, 0.5) is 23.2 Å². The summed E-state index contributed by atoms with van der Waals surface area (Å²) in [4.78, 5) is 62.7. The lowest BCUT2D eigenvalue weighted by Gasteiger charge is -2.45. The number of nitrogens with zero attached hydrogens (tertiary/aromatic N) is 1. The highest BCUT2D eigenvalue weighted by Gasteiger charge is 2.57.